The number of halogens is 3. The van der Waals surface area contributed by atoms with E-state index in [2.05, 4.69) is 19.9 Å². The topological polar surface area (TPSA) is 113 Å². The molecule has 1 amide bonds. The molecule has 2 fully saturated rings. The van der Waals surface area contributed by atoms with Crippen LogP contribution in [-0.2, 0) is 24.1 Å². The predicted molar refractivity (Wildman–Crippen MR) is 126 cm³/mol. The Morgan fingerprint density at radius 2 is 1.97 bits per heavy atom. The molecule has 2 atom stereocenters. The summed E-state index contributed by atoms with van der Waals surface area (Å²) < 4.78 is 40.7. The Balaban J connectivity index is 1.34. The van der Waals surface area contributed by atoms with Crippen molar-refractivity contribution in [2.75, 3.05) is 24.5 Å². The number of likely N-dealkylation sites (tertiary alicyclic amines) is 1. The number of piperidine rings is 1. The highest BCUT2D eigenvalue weighted by Gasteiger charge is 2.34. The molecule has 36 heavy (non-hydrogen) atoms. The number of alkyl halides is 3. The summed E-state index contributed by atoms with van der Waals surface area (Å²) in [6.45, 7) is 2.17. The van der Waals surface area contributed by atoms with Crippen molar-refractivity contribution in [1.82, 2.24) is 24.4 Å². The number of rotatable bonds is 8. The van der Waals surface area contributed by atoms with Crippen LogP contribution in [0.1, 0.15) is 30.5 Å². The minimum absolute atomic E-state index is 0.000832. The zero-order valence-electron chi connectivity index (χ0n) is 19.6. The Morgan fingerprint density at radius 3 is 2.61 bits per heavy atom. The van der Waals surface area contributed by atoms with Crippen LogP contribution in [0.25, 0.3) is 11.0 Å². The van der Waals surface area contributed by atoms with Crippen LogP contribution in [0.5, 0.6) is 0 Å². The van der Waals surface area contributed by atoms with Crippen LogP contribution in [0, 0.1) is 5.92 Å². The van der Waals surface area contributed by atoms with Crippen molar-refractivity contribution in [3.63, 3.8) is 0 Å². The first-order valence-electron chi connectivity index (χ1n) is 12.0. The van der Waals surface area contributed by atoms with Gasteiger partial charge in [-0.05, 0) is 43.5 Å². The number of pyridine rings is 1. The first-order valence-corrected chi connectivity index (χ1v) is 12.0. The molecule has 192 valence electrons. The normalized spacial score (nSPS) is 21.1. The minimum atomic E-state index is -4.47. The fourth-order valence-corrected chi connectivity index (χ4v) is 4.89. The molecular formula is C24H28F3N7O2. The van der Waals surface area contributed by atoms with Crippen molar-refractivity contribution >= 4 is 22.8 Å². The Hall–Kier alpha value is -3.25. The molecule has 1 saturated heterocycles. The van der Waals surface area contributed by atoms with Gasteiger partial charge in [0.2, 0.25) is 5.91 Å². The van der Waals surface area contributed by atoms with Gasteiger partial charge < -0.3 is 20.3 Å². The number of fused-ring (bicyclic) bond motifs is 1. The maximum Gasteiger partial charge on any atom is 0.433 e. The van der Waals surface area contributed by atoms with E-state index >= 15 is 0 Å². The highest BCUT2D eigenvalue weighted by atomic mass is 19.4. The standard InChI is InChI=1S/C24H28F3N7O2/c25-24(26,27)20-4-1-15(9-29-20)10-34(17-2-3-17)23-18-6-8-33(22(18)30-14-31-23)11-16-5-7-32(12-19(16)35)13-21(28)36/h1,4,6,8-9,14,16-17,19,35H,2-3,5,7,10-13H2,(H2,28,36)/t16?,19-/m0/s1. The van der Waals surface area contributed by atoms with E-state index in [1.54, 1.807) is 0 Å². The molecule has 3 N–H and O–H groups in total. The maximum absolute atomic E-state index is 12.9. The highest BCUT2D eigenvalue weighted by molar-refractivity contribution is 5.88. The van der Waals surface area contributed by atoms with Crippen LogP contribution < -0.4 is 10.6 Å². The molecule has 1 aliphatic heterocycles. The molecular weight excluding hydrogens is 475 g/mol. The molecule has 2 aliphatic rings. The quantitative estimate of drug-likeness (QED) is 0.485. The first-order chi connectivity index (χ1) is 17.2. The number of carbonyl (C=O) groups excluding carboxylic acids is 1. The smallest absolute Gasteiger partial charge is 0.391 e. The number of carbonyl (C=O) groups is 1. The third kappa shape index (κ3) is 5.29. The third-order valence-corrected chi connectivity index (χ3v) is 6.88. The van der Waals surface area contributed by atoms with Crippen LogP contribution in [-0.4, -0.2) is 67.2 Å². The van der Waals surface area contributed by atoms with E-state index in [1.165, 1.54) is 18.6 Å². The van der Waals surface area contributed by atoms with Crippen molar-refractivity contribution in [2.45, 2.75) is 50.7 Å². The number of amides is 1. The van der Waals surface area contributed by atoms with Gasteiger partial charge in [-0.3, -0.25) is 14.7 Å². The lowest BCUT2D eigenvalue weighted by Crippen LogP contribution is -2.47. The lowest BCUT2D eigenvalue weighted by Gasteiger charge is -2.35. The van der Waals surface area contributed by atoms with Crippen LogP contribution >= 0.6 is 0 Å². The predicted octanol–water partition coefficient (Wildman–Crippen LogP) is 2.18. The maximum atomic E-state index is 12.9. The van der Waals surface area contributed by atoms with Gasteiger partial charge in [-0.25, -0.2) is 9.97 Å². The van der Waals surface area contributed by atoms with Crippen molar-refractivity contribution in [3.8, 4) is 0 Å². The Kier molecular flexibility index (Phi) is 6.56. The summed E-state index contributed by atoms with van der Waals surface area (Å²) in [7, 11) is 0. The zero-order chi connectivity index (χ0) is 25.4. The van der Waals surface area contributed by atoms with E-state index in [9.17, 15) is 23.1 Å². The van der Waals surface area contributed by atoms with Gasteiger partial charge in [0.25, 0.3) is 0 Å². The van der Waals surface area contributed by atoms with Crippen LogP contribution in [0.2, 0.25) is 0 Å². The van der Waals surface area contributed by atoms with Crippen LogP contribution in [0.3, 0.4) is 0 Å². The molecule has 4 heterocycles. The number of aromatic nitrogens is 4. The van der Waals surface area contributed by atoms with Gasteiger partial charge in [-0.15, -0.1) is 0 Å². The molecule has 3 aromatic heterocycles. The summed E-state index contributed by atoms with van der Waals surface area (Å²) in [6.07, 6.45) is 2.33. The summed E-state index contributed by atoms with van der Waals surface area (Å²) in [5.41, 5.74) is 5.78. The number of nitrogens with two attached hydrogens (primary N) is 1. The first kappa shape index (κ1) is 24.4. The number of aliphatic hydroxyl groups is 1. The van der Waals surface area contributed by atoms with Crippen molar-refractivity contribution in [3.05, 3.63) is 48.2 Å². The summed E-state index contributed by atoms with van der Waals surface area (Å²) in [4.78, 5) is 27.8. The lowest BCUT2D eigenvalue weighted by atomic mass is 9.93. The minimum Gasteiger partial charge on any atom is -0.391 e. The van der Waals surface area contributed by atoms with Gasteiger partial charge in [0.15, 0.2) is 0 Å². The molecule has 0 spiro atoms. The number of nitrogens with zero attached hydrogens (tertiary/aromatic N) is 6. The number of anilines is 1. The van der Waals surface area contributed by atoms with E-state index in [0.717, 1.165) is 42.2 Å². The number of aliphatic hydroxyl groups excluding tert-OH is 1. The Morgan fingerprint density at radius 1 is 1.17 bits per heavy atom. The molecule has 0 bridgehead atoms. The molecule has 3 aromatic rings. The molecule has 9 nitrogen and oxygen atoms in total. The summed E-state index contributed by atoms with van der Waals surface area (Å²) in [5.74, 6) is 0.326. The van der Waals surface area contributed by atoms with Gasteiger partial charge in [-0.1, -0.05) is 6.07 Å². The van der Waals surface area contributed by atoms with Gasteiger partial charge in [0.1, 0.15) is 23.5 Å². The zero-order valence-corrected chi connectivity index (χ0v) is 19.6. The SMILES string of the molecule is NC(=O)CN1CCC(Cn2ccc3c(N(Cc4ccc(C(F)(F)F)nc4)C4CC4)ncnc32)[C@@H](O)C1. The van der Waals surface area contributed by atoms with Crippen molar-refractivity contribution in [2.24, 2.45) is 11.7 Å². The molecule has 12 heteroatoms. The average Bonchev–Trinajstić information content (AvgIpc) is 3.59. The average molecular weight is 504 g/mol. The van der Waals surface area contributed by atoms with Crippen LogP contribution in [0.15, 0.2) is 36.9 Å². The van der Waals surface area contributed by atoms with Gasteiger partial charge >= 0.3 is 6.18 Å². The molecule has 1 unspecified atom stereocenters. The largest absolute Gasteiger partial charge is 0.433 e. The highest BCUT2D eigenvalue weighted by Crippen LogP contribution is 2.36. The van der Waals surface area contributed by atoms with Crippen LogP contribution in [0.4, 0.5) is 19.0 Å². The van der Waals surface area contributed by atoms with E-state index in [1.807, 2.05) is 21.7 Å². The van der Waals surface area contributed by atoms with Gasteiger partial charge in [0, 0.05) is 44.0 Å². The Bertz CT molecular complexity index is 1230. The second-order valence-electron chi connectivity index (χ2n) is 9.63. The van der Waals surface area contributed by atoms with E-state index < -0.39 is 23.9 Å². The molecule has 0 radical (unpaired) electrons. The molecule has 0 aromatic carbocycles. The second kappa shape index (κ2) is 9.66. The van der Waals surface area contributed by atoms with Gasteiger partial charge in [-0.2, -0.15) is 13.2 Å². The van der Waals surface area contributed by atoms with Gasteiger partial charge in [0.05, 0.1) is 18.0 Å². The summed E-state index contributed by atoms with van der Waals surface area (Å²) in [5, 5.41) is 11.5. The fraction of sp³-hybridized carbons (Fsp3) is 0.500. The molecule has 5 rings (SSSR count). The van der Waals surface area contributed by atoms with E-state index in [0.29, 0.717) is 31.7 Å². The molecule has 1 aliphatic carbocycles. The van der Waals surface area contributed by atoms with Crippen molar-refractivity contribution < 1.29 is 23.1 Å². The number of β-amino-alcohol motifs (C(OH)–C–C–N with tert-alkyl or cyclic N) is 1. The Labute approximate surface area is 205 Å². The number of hydrogen-bond acceptors (Lipinski definition) is 7. The third-order valence-electron chi connectivity index (χ3n) is 6.88. The fourth-order valence-electron chi connectivity index (χ4n) is 4.89. The summed E-state index contributed by atoms with van der Waals surface area (Å²) >= 11 is 0. The second-order valence-corrected chi connectivity index (χ2v) is 9.63. The van der Waals surface area contributed by atoms with Crippen molar-refractivity contribution in [1.29, 1.82) is 0 Å². The number of primary amides is 1. The monoisotopic (exact) mass is 503 g/mol. The summed E-state index contributed by atoms with van der Waals surface area (Å²) in [6, 6.07) is 4.66. The van der Waals surface area contributed by atoms with E-state index in [-0.39, 0.29) is 18.5 Å². The van der Waals surface area contributed by atoms with E-state index in [4.69, 9.17) is 5.73 Å². The number of hydrogen-bond donors (Lipinski definition) is 2. The lowest BCUT2D eigenvalue weighted by molar-refractivity contribution is -0.141. The molecule has 1 saturated carbocycles.